The number of anilines is 1. The first-order valence-corrected chi connectivity index (χ1v) is 5.39. The van der Waals surface area contributed by atoms with Gasteiger partial charge in [-0.3, -0.25) is 4.99 Å². The molecule has 2 rings (SSSR count). The molecule has 0 saturated heterocycles. The summed E-state index contributed by atoms with van der Waals surface area (Å²) in [4.78, 5) is 4.28. The van der Waals surface area contributed by atoms with E-state index in [2.05, 4.69) is 4.99 Å². The summed E-state index contributed by atoms with van der Waals surface area (Å²) in [5, 5.41) is 18.5. The molecule has 0 aliphatic carbocycles. The van der Waals surface area contributed by atoms with Gasteiger partial charge < -0.3 is 10.8 Å². The van der Waals surface area contributed by atoms with Gasteiger partial charge in [-0.2, -0.15) is 5.26 Å². The Morgan fingerprint density at radius 3 is 2.59 bits per heavy atom. The number of nitrogen functional groups attached to an aromatic ring is 1. The molecule has 2 aromatic carbocycles. The number of aliphatic hydroxyl groups excluding tert-OH is 1. The smallest absolute Gasteiger partial charge is 0.105 e. The van der Waals surface area contributed by atoms with Crippen molar-refractivity contribution >= 4 is 5.69 Å². The van der Waals surface area contributed by atoms with Crippen molar-refractivity contribution in [2.45, 2.75) is 12.5 Å². The minimum atomic E-state index is -0.239. The van der Waals surface area contributed by atoms with E-state index in [4.69, 9.17) is 11.0 Å². The Labute approximate surface area is 99.3 Å². The van der Waals surface area contributed by atoms with E-state index in [1.807, 2.05) is 36.4 Å². The highest BCUT2D eigenvalue weighted by Gasteiger charge is 2.17. The van der Waals surface area contributed by atoms with E-state index in [9.17, 15) is 5.11 Å². The highest BCUT2D eigenvalue weighted by molar-refractivity contribution is 5.66. The van der Waals surface area contributed by atoms with Gasteiger partial charge in [0.15, 0.2) is 0 Å². The maximum atomic E-state index is 9.26. The molecule has 0 spiro atoms. The van der Waals surface area contributed by atoms with Gasteiger partial charge in [-0.15, -0.1) is 0 Å². The van der Waals surface area contributed by atoms with Crippen LogP contribution in [-0.2, 0) is 6.42 Å². The fraction of sp³-hybridized carbons (Fsp3) is 0.231. The number of aliphatic hydroxyl groups is 1. The van der Waals surface area contributed by atoms with Crippen molar-refractivity contribution < 1.29 is 5.11 Å². The van der Waals surface area contributed by atoms with Crippen LogP contribution in [0.3, 0.4) is 0 Å². The lowest BCUT2D eigenvalue weighted by Gasteiger charge is -2.07. The summed E-state index contributed by atoms with van der Waals surface area (Å²) in [6.07, 6.45) is 0.646. The lowest BCUT2D eigenvalue weighted by molar-refractivity contribution is 0.264. The molecular formula is C13H13N3O. The largest absolute Gasteiger partial charge is 0.396 e. The van der Waals surface area contributed by atoms with Gasteiger partial charge in [-0.1, -0.05) is 30.3 Å². The van der Waals surface area contributed by atoms with Gasteiger partial charge in [0.2, 0.25) is 0 Å². The molecule has 3 N–H and O–H groups in total. The van der Waals surface area contributed by atoms with Crippen molar-refractivity contribution in [3.05, 3.63) is 46.8 Å². The molecule has 0 unspecified atom stereocenters. The van der Waals surface area contributed by atoms with E-state index in [-0.39, 0.29) is 12.6 Å². The van der Waals surface area contributed by atoms with Crippen LogP contribution in [0.2, 0.25) is 0 Å². The monoisotopic (exact) mass is 227 g/mol. The van der Waals surface area contributed by atoms with Gasteiger partial charge in [0, 0.05) is 0 Å². The van der Waals surface area contributed by atoms with Crippen LogP contribution in [0.25, 0.3) is 0 Å². The Balaban J connectivity index is 2.12. The minimum Gasteiger partial charge on any atom is -0.396 e. The van der Waals surface area contributed by atoms with Crippen LogP contribution in [0.15, 0.2) is 35.3 Å². The summed E-state index contributed by atoms with van der Waals surface area (Å²) in [5.74, 6) is 0. The van der Waals surface area contributed by atoms with Crippen LogP contribution in [0.4, 0.5) is 5.69 Å². The van der Waals surface area contributed by atoms with Gasteiger partial charge in [-0.05, 0) is 12.0 Å². The van der Waals surface area contributed by atoms with Crippen molar-refractivity contribution in [1.29, 1.82) is 5.26 Å². The minimum absolute atomic E-state index is 0.0512. The number of nitriles is 1. The van der Waals surface area contributed by atoms with Gasteiger partial charge >= 0.3 is 0 Å². The van der Waals surface area contributed by atoms with Gasteiger partial charge in [0.25, 0.3) is 0 Å². The molecule has 2 aromatic rings. The fourth-order valence-electron chi connectivity index (χ4n) is 1.66. The predicted octanol–water partition coefficient (Wildman–Crippen LogP) is 0.520. The zero-order valence-electron chi connectivity index (χ0n) is 9.30. The molecule has 0 radical (unpaired) electrons. The van der Waals surface area contributed by atoms with Crippen molar-refractivity contribution in [1.82, 2.24) is 0 Å². The molecule has 0 fully saturated rings. The quantitative estimate of drug-likeness (QED) is 0.798. The summed E-state index contributed by atoms with van der Waals surface area (Å²) in [6, 6.07) is 11.5. The first kappa shape index (κ1) is 11.4. The SMILES string of the molecule is N#Cc1c(N)c1=N[C@H](CO)Cc1ccccc1. The predicted molar refractivity (Wildman–Crippen MR) is 64.5 cm³/mol. The zero-order valence-corrected chi connectivity index (χ0v) is 9.30. The molecule has 0 aromatic heterocycles. The molecule has 0 amide bonds. The molecule has 4 nitrogen and oxygen atoms in total. The third-order valence-corrected chi connectivity index (χ3v) is 2.65. The number of benzene rings is 1. The molecule has 0 heterocycles. The molecule has 0 aliphatic heterocycles. The Bertz CT molecular complexity index is 559. The second-order valence-electron chi connectivity index (χ2n) is 3.90. The van der Waals surface area contributed by atoms with Crippen molar-refractivity contribution in [3.8, 4) is 6.07 Å². The van der Waals surface area contributed by atoms with Crippen LogP contribution in [-0.4, -0.2) is 17.8 Å². The second-order valence-corrected chi connectivity index (χ2v) is 3.90. The first-order valence-electron chi connectivity index (χ1n) is 5.39. The lowest BCUT2D eigenvalue weighted by Crippen LogP contribution is -2.16. The number of hydrogen-bond donors (Lipinski definition) is 2. The zero-order chi connectivity index (χ0) is 12.3. The number of nitrogens with zero attached hydrogens (tertiary/aromatic N) is 2. The highest BCUT2D eigenvalue weighted by atomic mass is 16.3. The van der Waals surface area contributed by atoms with Crippen LogP contribution < -0.4 is 11.1 Å². The standard InChI is InChI=1S/C13H13N3O/c14-7-11-12(15)13(11)16-10(8-17)6-9-4-2-1-3-5-9/h1-5,10,17H,6,8,15H2/t10-/m0/s1. The van der Waals surface area contributed by atoms with Crippen LogP contribution in [0.5, 0.6) is 0 Å². The molecule has 86 valence electrons. The van der Waals surface area contributed by atoms with Crippen molar-refractivity contribution in [2.24, 2.45) is 4.99 Å². The number of nitrogens with two attached hydrogens (primary N) is 1. The summed E-state index contributed by atoms with van der Waals surface area (Å²) in [6.45, 7) is -0.0512. The Hall–Kier alpha value is -2.12. The third kappa shape index (κ3) is 2.52. The van der Waals surface area contributed by atoms with E-state index in [1.54, 1.807) is 0 Å². The van der Waals surface area contributed by atoms with E-state index in [1.165, 1.54) is 0 Å². The fourth-order valence-corrected chi connectivity index (χ4v) is 1.66. The summed E-state index contributed by atoms with van der Waals surface area (Å²) in [7, 11) is 0. The molecular weight excluding hydrogens is 214 g/mol. The van der Waals surface area contributed by atoms with Crippen LogP contribution in [0.1, 0.15) is 11.1 Å². The average molecular weight is 227 g/mol. The van der Waals surface area contributed by atoms with E-state index < -0.39 is 0 Å². The van der Waals surface area contributed by atoms with E-state index in [0.29, 0.717) is 23.0 Å². The Morgan fingerprint density at radius 1 is 1.35 bits per heavy atom. The van der Waals surface area contributed by atoms with Gasteiger partial charge in [0.1, 0.15) is 17.0 Å². The summed E-state index contributed by atoms with van der Waals surface area (Å²) < 4.78 is 0. The number of rotatable bonds is 4. The Morgan fingerprint density at radius 2 is 2.06 bits per heavy atom. The molecule has 1 atom stereocenters. The lowest BCUT2D eigenvalue weighted by atomic mass is 10.1. The normalized spacial score (nSPS) is 13.8. The van der Waals surface area contributed by atoms with E-state index in [0.717, 1.165) is 5.56 Å². The van der Waals surface area contributed by atoms with E-state index >= 15 is 0 Å². The van der Waals surface area contributed by atoms with Crippen molar-refractivity contribution in [3.63, 3.8) is 0 Å². The first-order chi connectivity index (χ1) is 8.26. The molecule has 17 heavy (non-hydrogen) atoms. The maximum absolute atomic E-state index is 9.26. The highest BCUT2D eigenvalue weighted by Crippen LogP contribution is 2.11. The molecule has 0 saturated carbocycles. The maximum Gasteiger partial charge on any atom is 0.105 e. The topological polar surface area (TPSA) is 82.4 Å². The molecule has 0 aliphatic rings. The molecule has 4 heteroatoms. The average Bonchev–Trinajstić information content (AvgIpc) is 2.99. The second kappa shape index (κ2) is 4.81. The van der Waals surface area contributed by atoms with Crippen LogP contribution >= 0.6 is 0 Å². The van der Waals surface area contributed by atoms with Crippen LogP contribution in [0, 0.1) is 11.3 Å². The number of hydrogen-bond acceptors (Lipinski definition) is 4. The van der Waals surface area contributed by atoms with Crippen molar-refractivity contribution in [2.75, 3.05) is 12.3 Å². The summed E-state index contributed by atoms with van der Waals surface area (Å²) in [5.41, 5.74) is 7.58. The Kier molecular flexibility index (Phi) is 3.22. The molecule has 0 bridgehead atoms. The third-order valence-electron chi connectivity index (χ3n) is 2.65. The summed E-state index contributed by atoms with van der Waals surface area (Å²) >= 11 is 0. The van der Waals surface area contributed by atoms with Gasteiger partial charge in [0.05, 0.1) is 18.3 Å². The van der Waals surface area contributed by atoms with Gasteiger partial charge in [-0.25, -0.2) is 0 Å².